The topological polar surface area (TPSA) is 71.2 Å². The number of nitrogens with two attached hydrogens (primary N) is 1. The lowest BCUT2D eigenvalue weighted by Gasteiger charge is -2.22. The van der Waals surface area contributed by atoms with Crippen molar-refractivity contribution in [2.24, 2.45) is 0 Å². The van der Waals surface area contributed by atoms with E-state index < -0.39 is 5.60 Å². The van der Waals surface area contributed by atoms with E-state index in [1.807, 2.05) is 25.3 Å². The number of rotatable bonds is 5. The molecule has 1 aromatic heterocycles. The first-order valence-electron chi connectivity index (χ1n) is 5.13. The van der Waals surface area contributed by atoms with Gasteiger partial charge < -0.3 is 16.2 Å². The zero-order valence-electron chi connectivity index (χ0n) is 9.95. The summed E-state index contributed by atoms with van der Waals surface area (Å²) in [6, 6.07) is 3.63. The summed E-state index contributed by atoms with van der Waals surface area (Å²) in [4.78, 5) is 4.28. The predicted molar refractivity (Wildman–Crippen MR) is 70.9 cm³/mol. The number of nitrogens with zero attached hydrogens (tertiary/aromatic N) is 1. The number of aliphatic hydroxyl groups is 1. The second kappa shape index (κ2) is 5.41. The molecule has 0 spiro atoms. The van der Waals surface area contributed by atoms with Gasteiger partial charge in [0.2, 0.25) is 0 Å². The van der Waals surface area contributed by atoms with E-state index in [1.54, 1.807) is 18.7 Å². The number of hydrogen-bond donors (Lipinski definition) is 3. The highest BCUT2D eigenvalue weighted by molar-refractivity contribution is 7.98. The second-order valence-electron chi connectivity index (χ2n) is 4.15. The van der Waals surface area contributed by atoms with Gasteiger partial charge in [0.15, 0.2) is 0 Å². The Labute approximate surface area is 101 Å². The van der Waals surface area contributed by atoms with Crippen LogP contribution in [0.4, 0.5) is 11.5 Å². The van der Waals surface area contributed by atoms with Crippen LogP contribution in [0, 0.1) is 6.92 Å². The third-order valence-electron chi connectivity index (χ3n) is 2.23. The Balaban J connectivity index is 2.57. The summed E-state index contributed by atoms with van der Waals surface area (Å²) in [5.74, 6) is 1.43. The molecule has 5 heteroatoms. The van der Waals surface area contributed by atoms with Gasteiger partial charge in [0, 0.05) is 12.3 Å². The Morgan fingerprint density at radius 2 is 2.25 bits per heavy atom. The van der Waals surface area contributed by atoms with E-state index in [-0.39, 0.29) is 0 Å². The lowest BCUT2D eigenvalue weighted by atomic mass is 10.1. The van der Waals surface area contributed by atoms with Gasteiger partial charge in [0.1, 0.15) is 5.82 Å². The first kappa shape index (κ1) is 13.1. The number of nitrogen functional groups attached to an aromatic ring is 1. The zero-order chi connectivity index (χ0) is 12.2. The quantitative estimate of drug-likeness (QED) is 0.728. The summed E-state index contributed by atoms with van der Waals surface area (Å²) in [5, 5.41) is 13.1. The van der Waals surface area contributed by atoms with Gasteiger partial charge in [-0.2, -0.15) is 11.8 Å². The summed E-state index contributed by atoms with van der Waals surface area (Å²) in [7, 11) is 0. The molecule has 1 rings (SSSR count). The van der Waals surface area contributed by atoms with Crippen LogP contribution in [-0.4, -0.2) is 34.2 Å². The average molecular weight is 241 g/mol. The maximum absolute atomic E-state index is 9.96. The molecule has 0 amide bonds. The highest BCUT2D eigenvalue weighted by Gasteiger charge is 2.19. The molecule has 0 radical (unpaired) electrons. The zero-order valence-corrected chi connectivity index (χ0v) is 10.8. The fraction of sp³-hybridized carbons (Fsp3) is 0.545. The number of anilines is 2. The van der Waals surface area contributed by atoms with Crippen molar-refractivity contribution in [3.63, 3.8) is 0 Å². The van der Waals surface area contributed by atoms with E-state index in [0.717, 1.165) is 11.5 Å². The van der Waals surface area contributed by atoms with Crippen LogP contribution in [0.5, 0.6) is 0 Å². The molecule has 0 aliphatic heterocycles. The van der Waals surface area contributed by atoms with E-state index in [0.29, 0.717) is 18.0 Å². The molecule has 0 aromatic carbocycles. The van der Waals surface area contributed by atoms with Gasteiger partial charge in [-0.1, -0.05) is 0 Å². The van der Waals surface area contributed by atoms with Crippen molar-refractivity contribution in [3.8, 4) is 0 Å². The minimum Gasteiger partial charge on any atom is -0.397 e. The summed E-state index contributed by atoms with van der Waals surface area (Å²) >= 11 is 1.62. The summed E-state index contributed by atoms with van der Waals surface area (Å²) in [5.41, 5.74) is 6.43. The number of hydrogen-bond acceptors (Lipinski definition) is 5. The number of aryl methyl sites for hydroxylation is 1. The standard InChI is InChI=1S/C11H19N3OS/c1-8-9(12)4-5-10(14-8)13-6-11(2,15)7-16-3/h4-5,15H,6-7,12H2,1-3H3,(H,13,14). The van der Waals surface area contributed by atoms with Crippen molar-refractivity contribution < 1.29 is 5.11 Å². The fourth-order valence-electron chi connectivity index (χ4n) is 1.31. The first-order valence-corrected chi connectivity index (χ1v) is 6.52. The molecular weight excluding hydrogens is 222 g/mol. The number of thioether (sulfide) groups is 1. The van der Waals surface area contributed by atoms with E-state index in [2.05, 4.69) is 10.3 Å². The molecule has 0 aliphatic carbocycles. The molecule has 0 aliphatic rings. The van der Waals surface area contributed by atoms with Crippen LogP contribution >= 0.6 is 11.8 Å². The average Bonchev–Trinajstić information content (AvgIpc) is 2.20. The Bertz CT molecular complexity index is 355. The molecule has 1 heterocycles. The molecule has 1 atom stereocenters. The summed E-state index contributed by atoms with van der Waals surface area (Å²) in [6.45, 7) is 4.14. The van der Waals surface area contributed by atoms with Gasteiger partial charge >= 0.3 is 0 Å². The van der Waals surface area contributed by atoms with E-state index in [4.69, 9.17) is 5.73 Å². The molecule has 1 aromatic rings. The molecular formula is C11H19N3OS. The van der Waals surface area contributed by atoms with Crippen molar-refractivity contribution in [1.29, 1.82) is 0 Å². The molecule has 4 N–H and O–H groups in total. The highest BCUT2D eigenvalue weighted by Crippen LogP contribution is 2.14. The van der Waals surface area contributed by atoms with Gasteiger partial charge in [-0.25, -0.2) is 4.98 Å². The number of pyridine rings is 1. The van der Waals surface area contributed by atoms with Crippen molar-refractivity contribution in [2.75, 3.05) is 29.6 Å². The van der Waals surface area contributed by atoms with Gasteiger partial charge in [0.25, 0.3) is 0 Å². The lowest BCUT2D eigenvalue weighted by Crippen LogP contribution is -2.36. The van der Waals surface area contributed by atoms with Crippen LogP contribution in [0.15, 0.2) is 12.1 Å². The summed E-state index contributed by atoms with van der Waals surface area (Å²) in [6.07, 6.45) is 1.97. The van der Waals surface area contributed by atoms with Gasteiger partial charge in [-0.05, 0) is 32.2 Å². The van der Waals surface area contributed by atoms with E-state index in [9.17, 15) is 5.11 Å². The Kier molecular flexibility index (Phi) is 4.44. The van der Waals surface area contributed by atoms with Crippen LogP contribution in [0.3, 0.4) is 0 Å². The maximum Gasteiger partial charge on any atom is 0.126 e. The molecule has 0 bridgehead atoms. The van der Waals surface area contributed by atoms with Gasteiger partial charge in [-0.15, -0.1) is 0 Å². The molecule has 0 saturated carbocycles. The van der Waals surface area contributed by atoms with Crippen LogP contribution in [-0.2, 0) is 0 Å². The maximum atomic E-state index is 9.96. The lowest BCUT2D eigenvalue weighted by molar-refractivity contribution is 0.0996. The third kappa shape index (κ3) is 3.90. The minimum absolute atomic E-state index is 0.476. The largest absolute Gasteiger partial charge is 0.397 e. The Morgan fingerprint density at radius 3 is 2.81 bits per heavy atom. The van der Waals surface area contributed by atoms with E-state index >= 15 is 0 Å². The number of nitrogens with one attached hydrogen (secondary N) is 1. The SMILES string of the molecule is CSCC(C)(O)CNc1ccc(N)c(C)n1. The smallest absolute Gasteiger partial charge is 0.126 e. The highest BCUT2D eigenvalue weighted by atomic mass is 32.2. The molecule has 0 fully saturated rings. The van der Waals surface area contributed by atoms with Gasteiger partial charge in [0.05, 0.1) is 17.0 Å². The van der Waals surface area contributed by atoms with Crippen LogP contribution in [0.2, 0.25) is 0 Å². The normalized spacial score (nSPS) is 14.5. The van der Waals surface area contributed by atoms with Crippen molar-refractivity contribution in [1.82, 2.24) is 4.98 Å². The van der Waals surface area contributed by atoms with Crippen molar-refractivity contribution in [2.45, 2.75) is 19.4 Å². The van der Waals surface area contributed by atoms with Crippen molar-refractivity contribution in [3.05, 3.63) is 17.8 Å². The molecule has 1 unspecified atom stereocenters. The molecule has 16 heavy (non-hydrogen) atoms. The second-order valence-corrected chi connectivity index (χ2v) is 5.02. The fourth-order valence-corrected chi connectivity index (χ4v) is 2.04. The first-order chi connectivity index (χ1) is 7.44. The Hall–Kier alpha value is -0.940. The minimum atomic E-state index is -0.726. The molecule has 0 saturated heterocycles. The molecule has 90 valence electrons. The van der Waals surface area contributed by atoms with E-state index in [1.165, 1.54) is 0 Å². The third-order valence-corrected chi connectivity index (χ3v) is 3.14. The monoisotopic (exact) mass is 241 g/mol. The summed E-state index contributed by atoms with van der Waals surface area (Å²) < 4.78 is 0. The van der Waals surface area contributed by atoms with Crippen LogP contribution < -0.4 is 11.1 Å². The van der Waals surface area contributed by atoms with Gasteiger partial charge in [-0.3, -0.25) is 0 Å². The molecule has 4 nitrogen and oxygen atoms in total. The number of aromatic nitrogens is 1. The van der Waals surface area contributed by atoms with Crippen LogP contribution in [0.1, 0.15) is 12.6 Å². The predicted octanol–water partition coefficient (Wildman–Crippen LogP) is 1.50. The van der Waals surface area contributed by atoms with Crippen molar-refractivity contribution >= 4 is 23.3 Å². The Morgan fingerprint density at radius 1 is 1.56 bits per heavy atom. The van der Waals surface area contributed by atoms with Crippen LogP contribution in [0.25, 0.3) is 0 Å².